The predicted molar refractivity (Wildman–Crippen MR) is 83.1 cm³/mol. The van der Waals surface area contributed by atoms with Gasteiger partial charge in [0.2, 0.25) is 11.8 Å². The van der Waals surface area contributed by atoms with Crippen LogP contribution in [0.1, 0.15) is 23.0 Å². The first-order valence-electron chi connectivity index (χ1n) is 7.18. The molecule has 0 aromatic carbocycles. The topological polar surface area (TPSA) is 118 Å². The van der Waals surface area contributed by atoms with Gasteiger partial charge in [0, 0.05) is 13.1 Å². The summed E-state index contributed by atoms with van der Waals surface area (Å²) in [7, 11) is 1.47. The number of rotatable bonds is 6. The first-order valence-corrected chi connectivity index (χ1v) is 7.18. The second kappa shape index (κ2) is 7.44. The van der Waals surface area contributed by atoms with E-state index in [0.717, 1.165) is 0 Å². The first-order chi connectivity index (χ1) is 11.4. The van der Waals surface area contributed by atoms with Crippen molar-refractivity contribution in [1.29, 1.82) is 0 Å². The van der Waals surface area contributed by atoms with Gasteiger partial charge in [0.25, 0.3) is 5.91 Å². The van der Waals surface area contributed by atoms with Crippen LogP contribution in [0.25, 0.3) is 0 Å². The average Bonchev–Trinajstić information content (AvgIpc) is 3.17. The van der Waals surface area contributed by atoms with Gasteiger partial charge in [-0.2, -0.15) is 0 Å². The summed E-state index contributed by atoms with van der Waals surface area (Å²) in [6, 6.07) is 2.26. The lowest BCUT2D eigenvalue weighted by atomic mass is 10.2. The molecule has 1 unspecified atom stereocenters. The number of anilines is 1. The molecule has 0 aliphatic rings. The third-order valence-corrected chi connectivity index (χ3v) is 3.15. The van der Waals surface area contributed by atoms with Gasteiger partial charge in [-0.15, -0.1) is 0 Å². The van der Waals surface area contributed by atoms with Crippen molar-refractivity contribution in [3.63, 3.8) is 0 Å². The van der Waals surface area contributed by atoms with Crippen molar-refractivity contribution in [1.82, 2.24) is 15.4 Å². The number of carbonyl (C=O) groups excluding carboxylic acids is 3. The summed E-state index contributed by atoms with van der Waals surface area (Å²) in [4.78, 5) is 37.2. The summed E-state index contributed by atoms with van der Waals surface area (Å²) in [5, 5.41) is 8.69. The fourth-order valence-electron chi connectivity index (χ4n) is 1.97. The van der Waals surface area contributed by atoms with Gasteiger partial charge in [-0.25, -0.2) is 0 Å². The highest BCUT2D eigenvalue weighted by Gasteiger charge is 2.22. The van der Waals surface area contributed by atoms with Gasteiger partial charge in [-0.05, 0) is 19.9 Å². The Bertz CT molecular complexity index is 722. The van der Waals surface area contributed by atoms with E-state index in [1.54, 1.807) is 13.0 Å². The van der Waals surface area contributed by atoms with Crippen molar-refractivity contribution in [3.8, 4) is 0 Å². The molecule has 2 aromatic rings. The number of aromatic nitrogens is 1. The number of likely N-dealkylation sites (N-methyl/N-ethyl adjacent to an activating group) is 1. The van der Waals surface area contributed by atoms with Crippen LogP contribution in [0.5, 0.6) is 0 Å². The summed E-state index contributed by atoms with van der Waals surface area (Å²) in [5.74, 6) is -0.420. The molecule has 2 heterocycles. The first kappa shape index (κ1) is 17.3. The number of nitrogens with one attached hydrogen (secondary N) is 2. The third-order valence-electron chi connectivity index (χ3n) is 3.15. The van der Waals surface area contributed by atoms with Crippen LogP contribution in [0.3, 0.4) is 0 Å². The molecular formula is C15H18N4O5. The van der Waals surface area contributed by atoms with Crippen LogP contribution in [0.2, 0.25) is 0 Å². The summed E-state index contributed by atoms with van der Waals surface area (Å²) in [6.07, 6.45) is 2.65. The van der Waals surface area contributed by atoms with Gasteiger partial charge in [0.15, 0.2) is 5.82 Å². The van der Waals surface area contributed by atoms with E-state index in [1.807, 2.05) is 0 Å². The van der Waals surface area contributed by atoms with Gasteiger partial charge in [0.05, 0.1) is 18.4 Å². The van der Waals surface area contributed by atoms with Gasteiger partial charge < -0.3 is 24.5 Å². The minimum Gasteiger partial charge on any atom is -0.472 e. The van der Waals surface area contributed by atoms with E-state index in [2.05, 4.69) is 15.8 Å². The number of furan rings is 1. The van der Waals surface area contributed by atoms with Crippen LogP contribution in [0.15, 0.2) is 33.6 Å². The van der Waals surface area contributed by atoms with E-state index in [9.17, 15) is 14.4 Å². The Morgan fingerprint density at radius 1 is 1.38 bits per heavy atom. The fraction of sp³-hybridized carbons (Fsp3) is 0.333. The highest BCUT2D eigenvalue weighted by atomic mass is 16.5. The SMILES string of the molecule is Cc1cc(NC(=O)CN(C)C(=O)C(C)NC(=O)c2ccoc2)no1. The van der Waals surface area contributed by atoms with Crippen LogP contribution in [-0.2, 0) is 9.59 Å². The summed E-state index contributed by atoms with van der Waals surface area (Å²) in [6.45, 7) is 3.05. The predicted octanol–water partition coefficient (Wildman–Crippen LogP) is 0.791. The van der Waals surface area contributed by atoms with Gasteiger partial charge in [-0.1, -0.05) is 5.16 Å². The van der Waals surface area contributed by atoms with E-state index in [0.29, 0.717) is 11.3 Å². The molecule has 9 nitrogen and oxygen atoms in total. The molecule has 0 aliphatic carbocycles. The minimum atomic E-state index is -0.792. The number of nitrogens with zero attached hydrogens (tertiary/aromatic N) is 2. The smallest absolute Gasteiger partial charge is 0.255 e. The molecular weight excluding hydrogens is 316 g/mol. The number of carbonyl (C=O) groups is 3. The van der Waals surface area contributed by atoms with Crippen LogP contribution in [-0.4, -0.2) is 47.4 Å². The highest BCUT2D eigenvalue weighted by molar-refractivity contribution is 5.98. The lowest BCUT2D eigenvalue weighted by molar-refractivity contribution is -0.134. The van der Waals surface area contributed by atoms with Gasteiger partial charge in [-0.3, -0.25) is 14.4 Å². The van der Waals surface area contributed by atoms with E-state index in [-0.39, 0.29) is 12.4 Å². The van der Waals surface area contributed by atoms with Crippen molar-refractivity contribution in [2.24, 2.45) is 0 Å². The quantitative estimate of drug-likeness (QED) is 0.806. The van der Waals surface area contributed by atoms with Gasteiger partial charge >= 0.3 is 0 Å². The Labute approximate surface area is 138 Å². The maximum atomic E-state index is 12.2. The average molecular weight is 334 g/mol. The molecule has 2 N–H and O–H groups in total. The lowest BCUT2D eigenvalue weighted by Crippen LogP contribution is -2.47. The minimum absolute atomic E-state index is 0.184. The molecule has 9 heteroatoms. The van der Waals surface area contributed by atoms with Crippen LogP contribution in [0.4, 0.5) is 5.82 Å². The number of hydrogen-bond donors (Lipinski definition) is 2. The molecule has 0 saturated heterocycles. The molecule has 2 rings (SSSR count). The molecule has 0 fully saturated rings. The van der Waals surface area contributed by atoms with E-state index in [4.69, 9.17) is 8.94 Å². The normalized spacial score (nSPS) is 11.6. The highest BCUT2D eigenvalue weighted by Crippen LogP contribution is 2.07. The van der Waals surface area contributed by atoms with E-state index < -0.39 is 23.8 Å². The third kappa shape index (κ3) is 4.45. The van der Waals surface area contributed by atoms with Crippen LogP contribution >= 0.6 is 0 Å². The Morgan fingerprint density at radius 3 is 2.71 bits per heavy atom. The summed E-state index contributed by atoms with van der Waals surface area (Å²) in [5.41, 5.74) is 0.316. The molecule has 128 valence electrons. The molecule has 2 aromatic heterocycles. The zero-order chi connectivity index (χ0) is 17.7. The Balaban J connectivity index is 1.84. The van der Waals surface area contributed by atoms with Crippen LogP contribution < -0.4 is 10.6 Å². The van der Waals surface area contributed by atoms with Crippen LogP contribution in [0, 0.1) is 6.92 Å². The summed E-state index contributed by atoms with van der Waals surface area (Å²) < 4.78 is 9.65. The Morgan fingerprint density at radius 2 is 2.12 bits per heavy atom. The Kier molecular flexibility index (Phi) is 5.35. The molecule has 3 amide bonds. The molecule has 24 heavy (non-hydrogen) atoms. The Hall–Kier alpha value is -3.10. The molecule has 1 atom stereocenters. The van der Waals surface area contributed by atoms with Crippen molar-refractivity contribution < 1.29 is 23.3 Å². The maximum absolute atomic E-state index is 12.2. The van der Waals surface area contributed by atoms with Gasteiger partial charge in [0.1, 0.15) is 18.1 Å². The zero-order valence-corrected chi connectivity index (χ0v) is 13.5. The van der Waals surface area contributed by atoms with Crippen molar-refractivity contribution in [2.75, 3.05) is 18.9 Å². The van der Waals surface area contributed by atoms with E-state index >= 15 is 0 Å². The fourth-order valence-corrected chi connectivity index (χ4v) is 1.97. The maximum Gasteiger partial charge on any atom is 0.255 e. The molecule has 0 aliphatic heterocycles. The lowest BCUT2D eigenvalue weighted by Gasteiger charge is -2.21. The second-order valence-corrected chi connectivity index (χ2v) is 5.27. The number of aryl methyl sites for hydroxylation is 1. The second-order valence-electron chi connectivity index (χ2n) is 5.27. The number of hydrogen-bond acceptors (Lipinski definition) is 6. The van der Waals surface area contributed by atoms with Crippen molar-refractivity contribution in [2.45, 2.75) is 19.9 Å². The largest absolute Gasteiger partial charge is 0.472 e. The molecule has 0 bridgehead atoms. The monoisotopic (exact) mass is 334 g/mol. The van der Waals surface area contributed by atoms with Crippen molar-refractivity contribution in [3.05, 3.63) is 36.0 Å². The van der Waals surface area contributed by atoms with E-state index in [1.165, 1.54) is 37.5 Å². The molecule has 0 spiro atoms. The zero-order valence-electron chi connectivity index (χ0n) is 13.5. The van der Waals surface area contributed by atoms with Crippen molar-refractivity contribution >= 4 is 23.5 Å². The summed E-state index contributed by atoms with van der Waals surface area (Å²) >= 11 is 0. The number of amides is 3. The molecule has 0 radical (unpaired) electrons. The molecule has 0 saturated carbocycles. The standard InChI is InChI=1S/C15H18N4O5/c1-9-6-12(18-24-9)17-13(20)7-19(3)15(22)10(2)16-14(21)11-4-5-23-8-11/h4-6,8,10H,7H2,1-3H3,(H,16,21)(H,17,18,20).